The quantitative estimate of drug-likeness (QED) is 0.843. The number of aromatic nitrogens is 1. The largest absolute Gasteiger partial charge is 0.365 e. The Bertz CT molecular complexity index is 971. The van der Waals surface area contributed by atoms with Gasteiger partial charge in [-0.25, -0.2) is 4.39 Å². The lowest BCUT2D eigenvalue weighted by Gasteiger charge is -2.56. The van der Waals surface area contributed by atoms with Crippen LogP contribution < -0.4 is 0 Å². The number of carbonyl (C=O) groups is 2. The van der Waals surface area contributed by atoms with Crippen molar-refractivity contribution in [2.24, 2.45) is 11.8 Å². The van der Waals surface area contributed by atoms with E-state index in [4.69, 9.17) is 0 Å². The fourth-order valence-corrected chi connectivity index (χ4v) is 5.96. The average molecular weight is 410 g/mol. The van der Waals surface area contributed by atoms with E-state index in [-0.39, 0.29) is 35.6 Å². The van der Waals surface area contributed by atoms with Crippen LogP contribution in [0.1, 0.15) is 47.3 Å². The summed E-state index contributed by atoms with van der Waals surface area (Å²) in [6.07, 6.45) is 5.99. The number of hydrogen-bond acceptors (Lipinski definition) is 2. The van der Waals surface area contributed by atoms with Crippen LogP contribution in [0.3, 0.4) is 0 Å². The lowest BCUT2D eigenvalue weighted by molar-refractivity contribution is -0.151. The molecular weight excluding hydrogens is 381 g/mol. The minimum Gasteiger partial charge on any atom is -0.365 e. The maximum absolute atomic E-state index is 13.8. The minimum absolute atomic E-state index is 0.0174. The molecule has 0 spiro atoms. The van der Waals surface area contributed by atoms with Gasteiger partial charge in [0.2, 0.25) is 5.91 Å². The van der Waals surface area contributed by atoms with Crippen LogP contribution in [0.15, 0.2) is 36.5 Å². The van der Waals surface area contributed by atoms with Crippen molar-refractivity contribution in [3.63, 3.8) is 0 Å². The summed E-state index contributed by atoms with van der Waals surface area (Å²) in [6.45, 7) is 3.28. The summed E-state index contributed by atoms with van der Waals surface area (Å²) in [5, 5.41) is 0. The predicted octanol–water partition coefficient (Wildman–Crippen LogP) is 3.55. The summed E-state index contributed by atoms with van der Waals surface area (Å²) in [4.78, 5) is 33.4. The highest BCUT2D eigenvalue weighted by atomic mass is 19.1. The summed E-state index contributed by atoms with van der Waals surface area (Å²) in [6, 6.07) is 8.75. The van der Waals surface area contributed by atoms with Gasteiger partial charge in [0.15, 0.2) is 0 Å². The minimum atomic E-state index is -0.244. The van der Waals surface area contributed by atoms with Crippen molar-refractivity contribution in [3.05, 3.63) is 59.2 Å². The molecule has 0 saturated carbocycles. The van der Waals surface area contributed by atoms with Crippen LogP contribution in [-0.2, 0) is 11.2 Å². The van der Waals surface area contributed by atoms with Crippen molar-refractivity contribution in [1.82, 2.24) is 14.8 Å². The second-order valence-corrected chi connectivity index (χ2v) is 9.14. The number of fused-ring (bicyclic) bond motifs is 4. The van der Waals surface area contributed by atoms with Gasteiger partial charge in [-0.05, 0) is 68.2 Å². The number of piperidine rings is 3. The van der Waals surface area contributed by atoms with E-state index in [2.05, 4.69) is 9.88 Å². The van der Waals surface area contributed by atoms with Gasteiger partial charge in [0, 0.05) is 43.5 Å². The lowest BCUT2D eigenvalue weighted by Crippen LogP contribution is -2.66. The number of aryl methyl sites for hydroxylation is 1. The molecule has 0 radical (unpaired) electrons. The molecule has 4 atom stereocenters. The first-order valence-corrected chi connectivity index (χ1v) is 11.0. The maximum Gasteiger partial charge on any atom is 0.255 e. The lowest BCUT2D eigenvalue weighted by atomic mass is 9.70. The Labute approximate surface area is 176 Å². The van der Waals surface area contributed by atoms with E-state index in [1.54, 1.807) is 12.1 Å². The van der Waals surface area contributed by atoms with E-state index in [0.717, 1.165) is 36.1 Å². The first-order valence-electron chi connectivity index (χ1n) is 11.0. The number of nitrogens with one attached hydrogen (secondary N) is 1. The fraction of sp³-hybridized carbons (Fsp3) is 0.500. The third-order valence-corrected chi connectivity index (χ3v) is 7.30. The highest BCUT2D eigenvalue weighted by molar-refractivity contribution is 5.95. The molecule has 5 nitrogen and oxygen atoms in total. The van der Waals surface area contributed by atoms with Gasteiger partial charge in [-0.3, -0.25) is 9.59 Å². The van der Waals surface area contributed by atoms with Crippen LogP contribution in [0, 0.1) is 24.6 Å². The summed E-state index contributed by atoms with van der Waals surface area (Å²) < 4.78 is 13.8. The molecule has 30 heavy (non-hydrogen) atoms. The number of H-pyrrole nitrogens is 1. The van der Waals surface area contributed by atoms with Gasteiger partial charge < -0.3 is 14.8 Å². The normalized spacial score (nSPS) is 28.4. The number of carbonyl (C=O) groups excluding carboxylic acids is 2. The zero-order valence-corrected chi connectivity index (χ0v) is 17.3. The van der Waals surface area contributed by atoms with Gasteiger partial charge in [-0.15, -0.1) is 0 Å². The number of rotatable bonds is 3. The fourth-order valence-electron chi connectivity index (χ4n) is 5.96. The van der Waals surface area contributed by atoms with E-state index >= 15 is 0 Å². The molecule has 3 aliphatic rings. The third-order valence-electron chi connectivity index (χ3n) is 7.30. The Morgan fingerprint density at radius 2 is 2.07 bits per heavy atom. The molecule has 158 valence electrons. The topological polar surface area (TPSA) is 56.4 Å². The highest BCUT2D eigenvalue weighted by Crippen LogP contribution is 2.43. The number of nitrogens with zero attached hydrogens (tertiary/aromatic N) is 2. The number of aromatic amines is 1. The van der Waals surface area contributed by atoms with Gasteiger partial charge >= 0.3 is 0 Å². The number of amides is 2. The number of halogens is 1. The van der Waals surface area contributed by atoms with Crippen molar-refractivity contribution >= 4 is 11.8 Å². The molecule has 2 amide bonds. The highest BCUT2D eigenvalue weighted by Gasteiger charge is 2.50. The third kappa shape index (κ3) is 3.32. The summed E-state index contributed by atoms with van der Waals surface area (Å²) in [5.41, 5.74) is 2.54. The Kier molecular flexibility index (Phi) is 4.88. The van der Waals surface area contributed by atoms with Crippen molar-refractivity contribution in [1.29, 1.82) is 0 Å². The van der Waals surface area contributed by atoms with Crippen LogP contribution >= 0.6 is 0 Å². The van der Waals surface area contributed by atoms with Crippen LogP contribution in [0.5, 0.6) is 0 Å². The van der Waals surface area contributed by atoms with Gasteiger partial charge in [-0.1, -0.05) is 12.1 Å². The molecule has 3 aliphatic heterocycles. The van der Waals surface area contributed by atoms with Crippen LogP contribution in [0.4, 0.5) is 4.39 Å². The number of hydrogen-bond donors (Lipinski definition) is 1. The van der Waals surface area contributed by atoms with E-state index in [1.165, 1.54) is 6.07 Å². The van der Waals surface area contributed by atoms with Crippen LogP contribution in [-0.4, -0.2) is 51.8 Å². The van der Waals surface area contributed by atoms with Gasteiger partial charge in [-0.2, -0.15) is 0 Å². The van der Waals surface area contributed by atoms with Crippen LogP contribution in [0.25, 0.3) is 0 Å². The maximum atomic E-state index is 13.8. The summed E-state index contributed by atoms with van der Waals surface area (Å²) >= 11 is 0. The van der Waals surface area contributed by atoms with Crippen molar-refractivity contribution in [3.8, 4) is 0 Å². The van der Waals surface area contributed by atoms with E-state index in [0.29, 0.717) is 31.8 Å². The predicted molar refractivity (Wildman–Crippen MR) is 111 cm³/mol. The molecule has 2 bridgehead atoms. The Morgan fingerprint density at radius 1 is 1.23 bits per heavy atom. The molecule has 2 aromatic rings. The van der Waals surface area contributed by atoms with Gasteiger partial charge in [0.25, 0.3) is 5.91 Å². The molecule has 0 unspecified atom stereocenters. The van der Waals surface area contributed by atoms with Crippen molar-refractivity contribution in [2.75, 3.05) is 13.1 Å². The molecule has 3 saturated heterocycles. The second-order valence-electron chi connectivity index (χ2n) is 9.14. The smallest absolute Gasteiger partial charge is 0.255 e. The Balaban J connectivity index is 1.45. The molecule has 0 aliphatic carbocycles. The Hall–Kier alpha value is -2.63. The van der Waals surface area contributed by atoms with Gasteiger partial charge in [0.1, 0.15) is 5.82 Å². The molecule has 1 N–H and O–H groups in total. The number of likely N-dealkylation sites (tertiary alicyclic amines) is 1. The monoisotopic (exact) mass is 409 g/mol. The van der Waals surface area contributed by atoms with Crippen molar-refractivity contribution in [2.45, 2.75) is 51.1 Å². The summed E-state index contributed by atoms with van der Waals surface area (Å²) in [7, 11) is 0. The first kappa shape index (κ1) is 19.3. The first-order chi connectivity index (χ1) is 14.5. The molecule has 1 aromatic carbocycles. The van der Waals surface area contributed by atoms with Crippen molar-refractivity contribution < 1.29 is 14.0 Å². The standard InChI is InChI=1S/C24H28FN3O2/c1-15-20(8-9-26-15)24(30)27-13-17-12-18(14-27)22(11-16-4-2-5-19(25)10-16)28-21(17)6-3-7-23(28)29/h2,4-5,8-10,17-18,21-22,26H,3,6-7,11-14H2,1H3/t17-,18+,21+,22+/m1/s1. The average Bonchev–Trinajstić information content (AvgIpc) is 3.16. The van der Waals surface area contributed by atoms with E-state index < -0.39 is 0 Å². The second kappa shape index (κ2) is 7.56. The molecule has 1 aromatic heterocycles. The zero-order chi connectivity index (χ0) is 20.8. The molecule has 3 fully saturated rings. The zero-order valence-electron chi connectivity index (χ0n) is 17.3. The SMILES string of the molecule is Cc1[nH]ccc1C(=O)N1C[C@H]2C[C@@H](C1)[C@H](Cc1cccc(F)c1)N1C(=O)CCC[C@@H]21. The molecule has 6 heteroatoms. The number of benzene rings is 1. The van der Waals surface area contributed by atoms with Crippen LogP contribution in [0.2, 0.25) is 0 Å². The van der Waals surface area contributed by atoms with Gasteiger partial charge in [0.05, 0.1) is 5.56 Å². The molecule has 4 heterocycles. The summed E-state index contributed by atoms with van der Waals surface area (Å²) in [5.74, 6) is 0.590. The molecular formula is C24H28FN3O2. The van der Waals surface area contributed by atoms with E-state index in [9.17, 15) is 14.0 Å². The molecule has 5 rings (SSSR count). The Morgan fingerprint density at radius 3 is 2.83 bits per heavy atom. The van der Waals surface area contributed by atoms with E-state index in [1.807, 2.05) is 30.2 Å².